The van der Waals surface area contributed by atoms with Gasteiger partial charge in [-0.2, -0.15) is 5.10 Å². The van der Waals surface area contributed by atoms with Crippen LogP contribution in [0.1, 0.15) is 23.9 Å². The van der Waals surface area contributed by atoms with Crippen LogP contribution in [-0.4, -0.2) is 30.5 Å². The Kier molecular flexibility index (Phi) is 5.88. The summed E-state index contributed by atoms with van der Waals surface area (Å²) in [4.78, 5) is 31.2. The molecule has 0 aliphatic heterocycles. The number of nitrogens with one attached hydrogen (secondary N) is 1. The summed E-state index contributed by atoms with van der Waals surface area (Å²) in [5.74, 6) is -0.173. The minimum atomic E-state index is -0.489. The zero-order chi connectivity index (χ0) is 23.0. The number of anilines is 1. The molecular formula is C24H25N5O2S. The number of benzene rings is 2. The second-order valence-electron chi connectivity index (χ2n) is 7.76. The van der Waals surface area contributed by atoms with Gasteiger partial charge in [0, 0.05) is 7.05 Å². The summed E-state index contributed by atoms with van der Waals surface area (Å²) in [5, 5.41) is 7.87. The molecule has 0 fully saturated rings. The topological polar surface area (TPSA) is 81.8 Å². The van der Waals surface area contributed by atoms with Crippen LogP contribution in [0.3, 0.4) is 0 Å². The highest BCUT2D eigenvalue weighted by Gasteiger charge is 2.22. The van der Waals surface area contributed by atoms with Gasteiger partial charge in [0.2, 0.25) is 5.91 Å². The second kappa shape index (κ2) is 8.63. The number of fused-ring (bicyclic) bond motifs is 1. The van der Waals surface area contributed by atoms with Gasteiger partial charge in [-0.05, 0) is 51.5 Å². The van der Waals surface area contributed by atoms with Crippen molar-refractivity contribution >= 4 is 34.3 Å². The van der Waals surface area contributed by atoms with Crippen molar-refractivity contribution < 1.29 is 4.79 Å². The van der Waals surface area contributed by atoms with Crippen molar-refractivity contribution in [1.82, 2.24) is 19.3 Å². The van der Waals surface area contributed by atoms with Gasteiger partial charge in [0.15, 0.2) is 5.16 Å². The SMILES string of the molecule is Cc1ccccc1-n1c(SC(C)C(=O)Nc2c(C)nn(C)c2C)nc2ccccc2c1=O. The van der Waals surface area contributed by atoms with Gasteiger partial charge in [-0.3, -0.25) is 18.8 Å². The first-order valence-electron chi connectivity index (χ1n) is 10.3. The predicted molar refractivity (Wildman–Crippen MR) is 129 cm³/mol. The molecule has 0 aliphatic rings. The molecule has 0 saturated heterocycles. The summed E-state index contributed by atoms with van der Waals surface area (Å²) in [6.07, 6.45) is 0. The van der Waals surface area contributed by atoms with Crippen molar-refractivity contribution in [3.05, 3.63) is 75.8 Å². The van der Waals surface area contributed by atoms with E-state index in [0.717, 1.165) is 22.6 Å². The maximum Gasteiger partial charge on any atom is 0.266 e. The minimum Gasteiger partial charge on any atom is -0.322 e. The lowest BCUT2D eigenvalue weighted by molar-refractivity contribution is -0.115. The Hall–Kier alpha value is -3.39. The van der Waals surface area contributed by atoms with Gasteiger partial charge < -0.3 is 5.32 Å². The average molecular weight is 448 g/mol. The number of aryl methyl sites for hydroxylation is 3. The molecule has 7 nitrogen and oxygen atoms in total. The number of rotatable bonds is 5. The van der Waals surface area contributed by atoms with Crippen LogP contribution < -0.4 is 10.9 Å². The molecule has 2 heterocycles. The van der Waals surface area contributed by atoms with Crippen LogP contribution in [0.4, 0.5) is 5.69 Å². The van der Waals surface area contributed by atoms with Crippen molar-refractivity contribution in [2.45, 2.75) is 38.1 Å². The van der Waals surface area contributed by atoms with Crippen molar-refractivity contribution in [3.8, 4) is 5.69 Å². The summed E-state index contributed by atoms with van der Waals surface area (Å²) in [6, 6.07) is 14.9. The largest absolute Gasteiger partial charge is 0.322 e. The quantitative estimate of drug-likeness (QED) is 0.367. The molecule has 2 aromatic heterocycles. The molecule has 0 saturated carbocycles. The molecule has 2 aromatic carbocycles. The van der Waals surface area contributed by atoms with Gasteiger partial charge in [0.05, 0.1) is 38.9 Å². The Balaban J connectivity index is 1.75. The molecule has 1 amide bonds. The van der Waals surface area contributed by atoms with E-state index in [1.807, 2.05) is 77.2 Å². The molecule has 0 bridgehead atoms. The van der Waals surface area contributed by atoms with Crippen molar-refractivity contribution in [3.63, 3.8) is 0 Å². The van der Waals surface area contributed by atoms with Crippen LogP contribution in [0.2, 0.25) is 0 Å². The number of nitrogens with zero attached hydrogens (tertiary/aromatic N) is 4. The van der Waals surface area contributed by atoms with E-state index in [-0.39, 0.29) is 11.5 Å². The van der Waals surface area contributed by atoms with E-state index in [9.17, 15) is 9.59 Å². The normalized spacial score (nSPS) is 12.2. The summed E-state index contributed by atoms with van der Waals surface area (Å²) in [5.41, 5.74) is 4.52. The van der Waals surface area contributed by atoms with Gasteiger partial charge >= 0.3 is 0 Å². The molecule has 0 aliphatic carbocycles. The molecule has 1 N–H and O–H groups in total. The third-order valence-corrected chi connectivity index (χ3v) is 6.56. The van der Waals surface area contributed by atoms with E-state index in [2.05, 4.69) is 10.4 Å². The molecule has 1 unspecified atom stereocenters. The van der Waals surface area contributed by atoms with Crippen molar-refractivity contribution in [1.29, 1.82) is 0 Å². The average Bonchev–Trinajstić information content (AvgIpc) is 3.01. The van der Waals surface area contributed by atoms with Gasteiger partial charge in [-0.25, -0.2) is 4.98 Å². The van der Waals surface area contributed by atoms with Crippen LogP contribution in [0, 0.1) is 20.8 Å². The first kappa shape index (κ1) is 21.8. The highest BCUT2D eigenvalue weighted by molar-refractivity contribution is 8.00. The fourth-order valence-electron chi connectivity index (χ4n) is 3.61. The third kappa shape index (κ3) is 3.93. The Labute approximate surface area is 190 Å². The van der Waals surface area contributed by atoms with Gasteiger partial charge in [-0.15, -0.1) is 0 Å². The number of carbonyl (C=O) groups is 1. The lowest BCUT2D eigenvalue weighted by atomic mass is 10.2. The fourth-order valence-corrected chi connectivity index (χ4v) is 4.53. The molecule has 8 heteroatoms. The van der Waals surface area contributed by atoms with E-state index in [0.29, 0.717) is 21.7 Å². The molecule has 0 spiro atoms. The monoisotopic (exact) mass is 447 g/mol. The Morgan fingerprint density at radius 2 is 1.75 bits per heavy atom. The first-order chi connectivity index (χ1) is 15.3. The van der Waals surface area contributed by atoms with Gasteiger partial charge in [-0.1, -0.05) is 42.1 Å². The summed E-state index contributed by atoms with van der Waals surface area (Å²) < 4.78 is 3.34. The summed E-state index contributed by atoms with van der Waals surface area (Å²) >= 11 is 1.26. The predicted octanol–water partition coefficient (Wildman–Crippen LogP) is 4.16. The highest BCUT2D eigenvalue weighted by Crippen LogP contribution is 2.28. The van der Waals surface area contributed by atoms with Crippen LogP contribution in [0.5, 0.6) is 0 Å². The summed E-state index contributed by atoms with van der Waals surface area (Å²) in [7, 11) is 1.84. The third-order valence-electron chi connectivity index (χ3n) is 5.51. The zero-order valence-electron chi connectivity index (χ0n) is 18.7. The smallest absolute Gasteiger partial charge is 0.266 e. The van der Waals surface area contributed by atoms with E-state index >= 15 is 0 Å². The number of hydrogen-bond acceptors (Lipinski definition) is 5. The lowest BCUT2D eigenvalue weighted by Crippen LogP contribution is -2.27. The Morgan fingerprint density at radius 3 is 2.44 bits per heavy atom. The number of hydrogen-bond donors (Lipinski definition) is 1. The molecule has 1 atom stereocenters. The zero-order valence-corrected chi connectivity index (χ0v) is 19.5. The molecule has 4 rings (SSSR count). The first-order valence-corrected chi connectivity index (χ1v) is 11.2. The maximum atomic E-state index is 13.4. The van der Waals surface area contributed by atoms with Crippen LogP contribution >= 0.6 is 11.8 Å². The molecule has 164 valence electrons. The fraction of sp³-hybridized carbons (Fsp3) is 0.250. The Morgan fingerprint density at radius 1 is 1.06 bits per heavy atom. The van der Waals surface area contributed by atoms with Gasteiger partial charge in [0.25, 0.3) is 5.56 Å². The number of thioether (sulfide) groups is 1. The Bertz CT molecular complexity index is 1390. The number of carbonyl (C=O) groups excluding carboxylic acids is 1. The van der Waals surface area contributed by atoms with E-state index in [4.69, 9.17) is 4.98 Å². The van der Waals surface area contributed by atoms with Crippen molar-refractivity contribution in [2.24, 2.45) is 7.05 Å². The van der Waals surface area contributed by atoms with Crippen LogP contribution in [0.15, 0.2) is 58.5 Å². The molecule has 0 radical (unpaired) electrons. The van der Waals surface area contributed by atoms with E-state index in [1.54, 1.807) is 15.3 Å². The lowest BCUT2D eigenvalue weighted by Gasteiger charge is -2.17. The number of aromatic nitrogens is 4. The maximum absolute atomic E-state index is 13.4. The standard InChI is InChI=1S/C24H25N5O2S/c1-14-10-6-9-13-20(14)29-23(31)18-11-7-8-12-19(18)25-24(29)32-17(4)22(30)26-21-15(2)27-28(5)16(21)3/h6-13,17H,1-5H3,(H,26,30). The minimum absolute atomic E-state index is 0.154. The van der Waals surface area contributed by atoms with Crippen molar-refractivity contribution in [2.75, 3.05) is 5.32 Å². The molecule has 32 heavy (non-hydrogen) atoms. The van der Waals surface area contributed by atoms with E-state index < -0.39 is 5.25 Å². The van der Waals surface area contributed by atoms with Gasteiger partial charge in [0.1, 0.15) is 0 Å². The number of para-hydroxylation sites is 2. The number of amides is 1. The van der Waals surface area contributed by atoms with E-state index in [1.165, 1.54) is 11.8 Å². The highest BCUT2D eigenvalue weighted by atomic mass is 32.2. The van der Waals surface area contributed by atoms with Crippen LogP contribution in [-0.2, 0) is 11.8 Å². The second-order valence-corrected chi connectivity index (χ2v) is 9.07. The summed E-state index contributed by atoms with van der Waals surface area (Å²) in [6.45, 7) is 7.54. The van der Waals surface area contributed by atoms with Crippen LogP contribution in [0.25, 0.3) is 16.6 Å². The molecular weight excluding hydrogens is 422 g/mol. The molecule has 4 aromatic rings.